The maximum absolute atomic E-state index is 6.00. The Balaban J connectivity index is 2.17. The van der Waals surface area contributed by atoms with Gasteiger partial charge < -0.3 is 14.5 Å². The van der Waals surface area contributed by atoms with Gasteiger partial charge in [0.1, 0.15) is 0 Å². The lowest BCUT2D eigenvalue weighted by Crippen LogP contribution is -2.45. The maximum Gasteiger partial charge on any atom is 0.0951 e. The van der Waals surface area contributed by atoms with E-state index < -0.39 is 0 Å². The first kappa shape index (κ1) is 11.7. The third kappa shape index (κ3) is 2.30. The molecule has 1 aliphatic heterocycles. The molecule has 0 aliphatic carbocycles. The van der Waals surface area contributed by atoms with Crippen molar-refractivity contribution in [2.24, 2.45) is 0 Å². The molecule has 2 heterocycles. The smallest absolute Gasteiger partial charge is 0.0951 e. The van der Waals surface area contributed by atoms with Gasteiger partial charge >= 0.3 is 0 Å². The van der Waals surface area contributed by atoms with E-state index in [-0.39, 0.29) is 11.6 Å². The second-order valence-electron chi connectivity index (χ2n) is 4.67. The Labute approximate surface area is 97.2 Å². The fourth-order valence-electron chi connectivity index (χ4n) is 2.51. The zero-order valence-electron chi connectivity index (χ0n) is 10.2. The highest BCUT2D eigenvalue weighted by Gasteiger charge is 2.37. The van der Waals surface area contributed by atoms with Crippen molar-refractivity contribution < 1.29 is 9.15 Å². The minimum Gasteiger partial charge on any atom is -0.472 e. The Morgan fingerprint density at radius 3 is 2.94 bits per heavy atom. The summed E-state index contributed by atoms with van der Waals surface area (Å²) in [5, 5.41) is 3.51. The molecule has 3 nitrogen and oxygen atoms in total. The second kappa shape index (κ2) is 5.02. The fraction of sp³-hybridized carbons (Fsp3) is 0.692. The molecule has 1 aromatic heterocycles. The van der Waals surface area contributed by atoms with Gasteiger partial charge in [-0.25, -0.2) is 0 Å². The number of rotatable bonds is 4. The lowest BCUT2D eigenvalue weighted by Gasteiger charge is -2.40. The predicted octanol–water partition coefficient (Wildman–Crippen LogP) is 2.89. The van der Waals surface area contributed by atoms with Crippen molar-refractivity contribution in [1.82, 2.24) is 5.32 Å². The minimum absolute atomic E-state index is 0.0991. The third-order valence-corrected chi connectivity index (χ3v) is 3.39. The fourth-order valence-corrected chi connectivity index (χ4v) is 2.51. The largest absolute Gasteiger partial charge is 0.472 e. The van der Waals surface area contributed by atoms with Crippen molar-refractivity contribution in [2.75, 3.05) is 13.2 Å². The van der Waals surface area contributed by atoms with Crippen LogP contribution in [-0.2, 0) is 4.74 Å². The zero-order valence-corrected chi connectivity index (χ0v) is 10.2. The van der Waals surface area contributed by atoms with E-state index in [0.29, 0.717) is 0 Å². The standard InChI is InChI=1S/C13H21NO2/c1-3-14-12(11-6-9-15-10-11)13(2)7-4-5-8-16-13/h6,9-10,12,14H,3-5,7-8H2,1-2H3. The molecule has 0 saturated carbocycles. The average molecular weight is 223 g/mol. The Morgan fingerprint density at radius 1 is 1.50 bits per heavy atom. The lowest BCUT2D eigenvalue weighted by atomic mass is 9.85. The number of ether oxygens (including phenoxy) is 1. The second-order valence-corrected chi connectivity index (χ2v) is 4.67. The SMILES string of the molecule is CCNC(c1ccoc1)C1(C)CCCCO1. The van der Waals surface area contributed by atoms with Crippen LogP contribution in [-0.4, -0.2) is 18.8 Å². The first-order valence-corrected chi connectivity index (χ1v) is 6.16. The molecule has 1 aliphatic rings. The maximum atomic E-state index is 6.00. The van der Waals surface area contributed by atoms with Gasteiger partial charge in [0.25, 0.3) is 0 Å². The van der Waals surface area contributed by atoms with Crippen LogP contribution in [0.1, 0.15) is 44.7 Å². The molecule has 0 bridgehead atoms. The van der Waals surface area contributed by atoms with E-state index in [2.05, 4.69) is 19.2 Å². The van der Waals surface area contributed by atoms with E-state index in [0.717, 1.165) is 19.6 Å². The first-order chi connectivity index (χ1) is 7.76. The van der Waals surface area contributed by atoms with Gasteiger partial charge in [0.15, 0.2) is 0 Å². The van der Waals surface area contributed by atoms with Crippen molar-refractivity contribution in [3.05, 3.63) is 24.2 Å². The molecule has 1 aromatic rings. The molecule has 1 N–H and O–H groups in total. The van der Waals surface area contributed by atoms with Crippen molar-refractivity contribution >= 4 is 0 Å². The number of hydrogen-bond donors (Lipinski definition) is 1. The van der Waals surface area contributed by atoms with Gasteiger partial charge in [0.2, 0.25) is 0 Å². The molecule has 1 saturated heterocycles. The van der Waals surface area contributed by atoms with Crippen molar-refractivity contribution in [3.63, 3.8) is 0 Å². The molecule has 2 atom stereocenters. The van der Waals surface area contributed by atoms with Crippen molar-refractivity contribution in [1.29, 1.82) is 0 Å². The monoisotopic (exact) mass is 223 g/mol. The van der Waals surface area contributed by atoms with Gasteiger partial charge in [-0.3, -0.25) is 0 Å². The van der Waals surface area contributed by atoms with Crippen LogP contribution in [0.25, 0.3) is 0 Å². The Morgan fingerprint density at radius 2 is 2.38 bits per heavy atom. The van der Waals surface area contributed by atoms with Gasteiger partial charge in [-0.05, 0) is 38.8 Å². The Bertz CT molecular complexity index is 302. The van der Waals surface area contributed by atoms with Crippen LogP contribution in [0.2, 0.25) is 0 Å². The predicted molar refractivity (Wildman–Crippen MR) is 63.3 cm³/mol. The van der Waals surface area contributed by atoms with E-state index in [1.54, 1.807) is 6.26 Å². The highest BCUT2D eigenvalue weighted by atomic mass is 16.5. The molecular weight excluding hydrogens is 202 g/mol. The summed E-state index contributed by atoms with van der Waals surface area (Å²) in [7, 11) is 0. The lowest BCUT2D eigenvalue weighted by molar-refractivity contribution is -0.0896. The zero-order chi connectivity index (χ0) is 11.4. The van der Waals surface area contributed by atoms with Gasteiger partial charge in [0.05, 0.1) is 24.2 Å². The van der Waals surface area contributed by atoms with Gasteiger partial charge in [0, 0.05) is 12.2 Å². The molecule has 2 unspecified atom stereocenters. The highest BCUT2D eigenvalue weighted by Crippen LogP contribution is 2.36. The van der Waals surface area contributed by atoms with Crippen LogP contribution >= 0.6 is 0 Å². The molecule has 90 valence electrons. The van der Waals surface area contributed by atoms with E-state index >= 15 is 0 Å². The summed E-state index contributed by atoms with van der Waals surface area (Å²) in [6.07, 6.45) is 7.08. The van der Waals surface area contributed by atoms with Crippen molar-refractivity contribution in [3.8, 4) is 0 Å². The Hall–Kier alpha value is -0.800. The van der Waals surface area contributed by atoms with E-state index in [9.17, 15) is 0 Å². The van der Waals surface area contributed by atoms with E-state index in [1.165, 1.54) is 18.4 Å². The highest BCUT2D eigenvalue weighted by molar-refractivity contribution is 5.16. The van der Waals surface area contributed by atoms with Crippen LogP contribution in [0.5, 0.6) is 0 Å². The van der Waals surface area contributed by atoms with E-state index in [4.69, 9.17) is 9.15 Å². The summed E-state index contributed by atoms with van der Waals surface area (Å²) >= 11 is 0. The Kier molecular flexibility index (Phi) is 3.66. The third-order valence-electron chi connectivity index (χ3n) is 3.39. The van der Waals surface area contributed by atoms with Crippen LogP contribution in [0.15, 0.2) is 23.0 Å². The molecule has 1 fully saturated rings. The molecule has 3 heteroatoms. The summed E-state index contributed by atoms with van der Waals surface area (Å²) in [5.74, 6) is 0. The molecule has 0 spiro atoms. The van der Waals surface area contributed by atoms with E-state index in [1.807, 2.05) is 12.3 Å². The topological polar surface area (TPSA) is 34.4 Å². The van der Waals surface area contributed by atoms with Crippen LogP contribution in [0.3, 0.4) is 0 Å². The number of furan rings is 1. The molecule has 16 heavy (non-hydrogen) atoms. The molecule has 0 amide bonds. The van der Waals surface area contributed by atoms with Crippen LogP contribution in [0.4, 0.5) is 0 Å². The van der Waals surface area contributed by atoms with Crippen LogP contribution < -0.4 is 5.32 Å². The first-order valence-electron chi connectivity index (χ1n) is 6.16. The molecule has 0 aromatic carbocycles. The number of nitrogens with one attached hydrogen (secondary N) is 1. The van der Waals surface area contributed by atoms with Crippen LogP contribution in [0, 0.1) is 0 Å². The summed E-state index contributed by atoms with van der Waals surface area (Å²) in [6, 6.07) is 2.26. The summed E-state index contributed by atoms with van der Waals surface area (Å²) in [5.41, 5.74) is 1.09. The molecular formula is C13H21NO2. The summed E-state index contributed by atoms with van der Waals surface area (Å²) in [4.78, 5) is 0. The minimum atomic E-state index is -0.0991. The molecule has 0 radical (unpaired) electrons. The molecule has 2 rings (SSSR count). The summed E-state index contributed by atoms with van der Waals surface area (Å²) < 4.78 is 11.2. The number of hydrogen-bond acceptors (Lipinski definition) is 3. The normalized spacial score (nSPS) is 27.9. The average Bonchev–Trinajstić information content (AvgIpc) is 2.80. The van der Waals surface area contributed by atoms with Gasteiger partial charge in [-0.15, -0.1) is 0 Å². The quantitative estimate of drug-likeness (QED) is 0.852. The number of likely N-dealkylation sites (N-methyl/N-ethyl adjacent to an activating group) is 1. The van der Waals surface area contributed by atoms with Gasteiger partial charge in [-0.2, -0.15) is 0 Å². The van der Waals surface area contributed by atoms with Crippen molar-refractivity contribution in [2.45, 2.75) is 44.8 Å². The van der Waals surface area contributed by atoms with Gasteiger partial charge in [-0.1, -0.05) is 6.92 Å². The summed E-state index contributed by atoms with van der Waals surface area (Å²) in [6.45, 7) is 6.14.